The molecule has 1 amide bonds. The summed E-state index contributed by atoms with van der Waals surface area (Å²) in [7, 11) is 0. The molecule has 0 rings (SSSR count). The maximum absolute atomic E-state index is 11.7. The first-order valence-corrected chi connectivity index (χ1v) is 5.50. The summed E-state index contributed by atoms with van der Waals surface area (Å²) < 4.78 is 35.0. The quantitative estimate of drug-likeness (QED) is 0.693. The van der Waals surface area contributed by atoms with Gasteiger partial charge in [0.05, 0.1) is 6.54 Å². The smallest absolute Gasteiger partial charge is 0.353 e. The van der Waals surface area contributed by atoms with E-state index in [1.54, 1.807) is 0 Å². The Morgan fingerprint density at radius 3 is 2.47 bits per heavy atom. The molecule has 3 nitrogen and oxygen atoms in total. The van der Waals surface area contributed by atoms with Crippen LogP contribution in [-0.2, 0) is 4.79 Å². The standard InChI is InChI=1S/C8H15F3N2OS/c1-6(2)13-7(14)5-12-3-4-15-8(9,10)11/h6,12H,3-5H2,1-2H3,(H,13,14). The summed E-state index contributed by atoms with van der Waals surface area (Å²) in [5, 5.41) is 5.25. The Balaban J connectivity index is 3.35. The topological polar surface area (TPSA) is 41.1 Å². The molecule has 0 saturated heterocycles. The number of halogens is 3. The minimum Gasteiger partial charge on any atom is -0.353 e. The molecule has 0 aromatic rings. The van der Waals surface area contributed by atoms with Gasteiger partial charge in [0.15, 0.2) is 0 Å². The van der Waals surface area contributed by atoms with Gasteiger partial charge in [0, 0.05) is 18.3 Å². The average Bonchev–Trinajstić information content (AvgIpc) is 1.99. The fraction of sp³-hybridized carbons (Fsp3) is 0.875. The number of thioether (sulfide) groups is 1. The van der Waals surface area contributed by atoms with Gasteiger partial charge in [-0.05, 0) is 25.6 Å². The summed E-state index contributed by atoms with van der Waals surface area (Å²) in [6.07, 6.45) is 0. The molecule has 0 aromatic carbocycles. The van der Waals surface area contributed by atoms with Crippen LogP contribution in [-0.4, -0.2) is 36.3 Å². The molecule has 0 aliphatic rings. The third-order valence-electron chi connectivity index (χ3n) is 1.28. The Hall–Kier alpha value is -0.430. The molecular formula is C8H15F3N2OS. The molecule has 0 spiro atoms. The minimum absolute atomic E-state index is 0.0452. The summed E-state index contributed by atoms with van der Waals surface area (Å²) in [6.45, 7) is 3.85. The van der Waals surface area contributed by atoms with Gasteiger partial charge in [-0.1, -0.05) is 0 Å². The summed E-state index contributed by atoms with van der Waals surface area (Å²) in [5.74, 6) is -0.291. The van der Waals surface area contributed by atoms with Crippen molar-refractivity contribution in [3.63, 3.8) is 0 Å². The number of alkyl halides is 3. The van der Waals surface area contributed by atoms with E-state index >= 15 is 0 Å². The Morgan fingerprint density at radius 2 is 2.00 bits per heavy atom. The summed E-state index contributed by atoms with van der Waals surface area (Å²) in [5.41, 5.74) is -4.19. The van der Waals surface area contributed by atoms with Gasteiger partial charge in [0.1, 0.15) is 0 Å². The highest BCUT2D eigenvalue weighted by atomic mass is 32.2. The van der Waals surface area contributed by atoms with Crippen molar-refractivity contribution in [3.05, 3.63) is 0 Å². The molecule has 90 valence electrons. The van der Waals surface area contributed by atoms with Crippen LogP contribution in [0.15, 0.2) is 0 Å². The lowest BCUT2D eigenvalue weighted by Crippen LogP contribution is -2.38. The van der Waals surface area contributed by atoms with E-state index in [0.29, 0.717) is 0 Å². The zero-order valence-electron chi connectivity index (χ0n) is 8.65. The van der Waals surface area contributed by atoms with Crippen LogP contribution in [0.1, 0.15) is 13.8 Å². The first-order chi connectivity index (χ1) is 6.81. The van der Waals surface area contributed by atoms with Crippen LogP contribution in [0.3, 0.4) is 0 Å². The van der Waals surface area contributed by atoms with Gasteiger partial charge in [-0.3, -0.25) is 4.79 Å². The molecule has 0 radical (unpaired) electrons. The van der Waals surface area contributed by atoms with Crippen LogP contribution in [0, 0.1) is 0 Å². The zero-order chi connectivity index (χ0) is 11.9. The van der Waals surface area contributed by atoms with E-state index < -0.39 is 5.51 Å². The number of hydrogen-bond acceptors (Lipinski definition) is 3. The fourth-order valence-corrected chi connectivity index (χ4v) is 1.29. The van der Waals surface area contributed by atoms with E-state index in [4.69, 9.17) is 0 Å². The van der Waals surface area contributed by atoms with Crippen LogP contribution in [0.4, 0.5) is 13.2 Å². The van der Waals surface area contributed by atoms with Crippen molar-refractivity contribution in [3.8, 4) is 0 Å². The highest BCUT2D eigenvalue weighted by Crippen LogP contribution is 2.29. The third-order valence-corrected chi connectivity index (χ3v) is 2.02. The van der Waals surface area contributed by atoms with Crippen molar-refractivity contribution in [1.29, 1.82) is 0 Å². The van der Waals surface area contributed by atoms with Crippen LogP contribution in [0.2, 0.25) is 0 Å². The van der Waals surface area contributed by atoms with E-state index in [1.807, 2.05) is 13.8 Å². The van der Waals surface area contributed by atoms with Crippen LogP contribution in [0.25, 0.3) is 0 Å². The van der Waals surface area contributed by atoms with Crippen LogP contribution in [0.5, 0.6) is 0 Å². The van der Waals surface area contributed by atoms with E-state index in [2.05, 4.69) is 10.6 Å². The van der Waals surface area contributed by atoms with Crippen molar-refractivity contribution < 1.29 is 18.0 Å². The molecule has 0 atom stereocenters. The fourth-order valence-electron chi connectivity index (χ4n) is 0.814. The molecule has 15 heavy (non-hydrogen) atoms. The Labute approximate surface area is 91.2 Å². The minimum atomic E-state index is -4.19. The first kappa shape index (κ1) is 14.6. The normalized spacial score (nSPS) is 11.9. The molecule has 0 unspecified atom stereocenters. The number of hydrogen-bond donors (Lipinski definition) is 2. The molecule has 0 aliphatic carbocycles. The third kappa shape index (κ3) is 11.5. The van der Waals surface area contributed by atoms with E-state index in [9.17, 15) is 18.0 Å². The molecule has 0 aliphatic heterocycles. The van der Waals surface area contributed by atoms with Gasteiger partial charge in [-0.2, -0.15) is 13.2 Å². The van der Waals surface area contributed by atoms with E-state index in [1.165, 1.54) is 0 Å². The Morgan fingerprint density at radius 1 is 1.40 bits per heavy atom. The van der Waals surface area contributed by atoms with Gasteiger partial charge in [-0.25, -0.2) is 0 Å². The number of carbonyl (C=O) groups excluding carboxylic acids is 1. The molecule has 7 heteroatoms. The monoisotopic (exact) mass is 244 g/mol. The van der Waals surface area contributed by atoms with Crippen molar-refractivity contribution in [2.24, 2.45) is 0 Å². The zero-order valence-corrected chi connectivity index (χ0v) is 9.47. The van der Waals surface area contributed by atoms with Gasteiger partial charge < -0.3 is 10.6 Å². The highest BCUT2D eigenvalue weighted by molar-refractivity contribution is 8.00. The van der Waals surface area contributed by atoms with Crippen molar-refractivity contribution in [2.75, 3.05) is 18.8 Å². The lowest BCUT2D eigenvalue weighted by Gasteiger charge is -2.09. The van der Waals surface area contributed by atoms with Gasteiger partial charge in [-0.15, -0.1) is 0 Å². The number of nitrogens with one attached hydrogen (secondary N) is 2. The lowest BCUT2D eigenvalue weighted by molar-refractivity contribution is -0.120. The van der Waals surface area contributed by atoms with E-state index in [0.717, 1.165) is 0 Å². The van der Waals surface area contributed by atoms with Crippen LogP contribution < -0.4 is 10.6 Å². The first-order valence-electron chi connectivity index (χ1n) is 4.52. The summed E-state index contributed by atoms with van der Waals surface area (Å²) >= 11 is -0.0951. The molecule has 0 saturated carbocycles. The highest BCUT2D eigenvalue weighted by Gasteiger charge is 2.27. The second kappa shape index (κ2) is 6.95. The second-order valence-corrected chi connectivity index (χ2v) is 4.35. The average molecular weight is 244 g/mol. The molecular weight excluding hydrogens is 229 g/mol. The Kier molecular flexibility index (Phi) is 6.75. The SMILES string of the molecule is CC(C)NC(=O)CNCCSC(F)(F)F. The predicted octanol–water partition coefficient (Wildman–Crippen LogP) is 1.35. The van der Waals surface area contributed by atoms with Gasteiger partial charge in [0.2, 0.25) is 5.91 Å². The number of carbonyl (C=O) groups is 1. The molecule has 2 N–H and O–H groups in total. The lowest BCUT2D eigenvalue weighted by atomic mass is 10.4. The molecule has 0 bridgehead atoms. The number of amides is 1. The van der Waals surface area contributed by atoms with Crippen LogP contribution >= 0.6 is 11.8 Å². The largest absolute Gasteiger partial charge is 0.441 e. The maximum Gasteiger partial charge on any atom is 0.441 e. The van der Waals surface area contributed by atoms with Crippen molar-refractivity contribution in [2.45, 2.75) is 25.4 Å². The summed E-state index contributed by atoms with van der Waals surface area (Å²) in [4.78, 5) is 11.0. The van der Waals surface area contributed by atoms with E-state index in [-0.39, 0.29) is 42.6 Å². The van der Waals surface area contributed by atoms with Crippen molar-refractivity contribution >= 4 is 17.7 Å². The number of rotatable bonds is 6. The van der Waals surface area contributed by atoms with Gasteiger partial charge >= 0.3 is 5.51 Å². The van der Waals surface area contributed by atoms with Crippen molar-refractivity contribution in [1.82, 2.24) is 10.6 Å². The molecule has 0 fully saturated rings. The molecule has 0 heterocycles. The predicted molar refractivity (Wildman–Crippen MR) is 54.7 cm³/mol. The maximum atomic E-state index is 11.7. The Bertz CT molecular complexity index is 197. The van der Waals surface area contributed by atoms with Gasteiger partial charge in [0.25, 0.3) is 0 Å². The second-order valence-electron chi connectivity index (χ2n) is 3.19. The molecule has 0 aromatic heterocycles. The summed E-state index contributed by atoms with van der Waals surface area (Å²) in [6, 6.07) is 0.0452.